The fourth-order valence-corrected chi connectivity index (χ4v) is 4.62. The molecule has 0 spiro atoms. The highest BCUT2D eigenvalue weighted by atomic mass is 16.3. The SMILES string of the molecule is CCCNC(=O)C1CCCN(C(=O)c2ccoc2CN2c3ccccc3CC2C)C1. The van der Waals surface area contributed by atoms with Crippen LogP contribution in [0.4, 0.5) is 5.69 Å². The van der Waals surface area contributed by atoms with Crippen molar-refractivity contribution in [2.24, 2.45) is 5.92 Å². The van der Waals surface area contributed by atoms with E-state index in [-0.39, 0.29) is 17.7 Å². The van der Waals surface area contributed by atoms with Gasteiger partial charge in [0.25, 0.3) is 5.91 Å². The Morgan fingerprint density at radius 3 is 2.90 bits per heavy atom. The number of benzene rings is 1. The van der Waals surface area contributed by atoms with E-state index in [0.29, 0.717) is 43.5 Å². The number of carbonyl (C=O) groups excluding carboxylic acids is 2. The van der Waals surface area contributed by atoms with E-state index in [9.17, 15) is 9.59 Å². The molecule has 3 heterocycles. The summed E-state index contributed by atoms with van der Waals surface area (Å²) in [5.41, 5.74) is 3.16. The zero-order valence-electron chi connectivity index (χ0n) is 17.9. The van der Waals surface area contributed by atoms with Crippen molar-refractivity contribution in [3.63, 3.8) is 0 Å². The number of fused-ring (bicyclic) bond motifs is 1. The second kappa shape index (κ2) is 8.94. The van der Waals surface area contributed by atoms with Crippen molar-refractivity contribution in [3.05, 3.63) is 53.5 Å². The van der Waals surface area contributed by atoms with E-state index in [4.69, 9.17) is 4.42 Å². The van der Waals surface area contributed by atoms with Crippen LogP contribution in [0.1, 0.15) is 54.8 Å². The van der Waals surface area contributed by atoms with E-state index >= 15 is 0 Å². The molecule has 2 unspecified atom stereocenters. The molecule has 0 radical (unpaired) electrons. The maximum absolute atomic E-state index is 13.3. The van der Waals surface area contributed by atoms with Crippen molar-refractivity contribution in [1.29, 1.82) is 0 Å². The van der Waals surface area contributed by atoms with Crippen LogP contribution in [0.2, 0.25) is 0 Å². The van der Waals surface area contributed by atoms with Crippen LogP contribution in [-0.4, -0.2) is 42.4 Å². The number of nitrogens with one attached hydrogen (secondary N) is 1. The zero-order chi connectivity index (χ0) is 21.1. The molecule has 6 heteroatoms. The minimum Gasteiger partial charge on any atom is -0.467 e. The molecule has 1 N–H and O–H groups in total. The molecular formula is C24H31N3O3. The monoisotopic (exact) mass is 409 g/mol. The van der Waals surface area contributed by atoms with Gasteiger partial charge in [-0.25, -0.2) is 0 Å². The summed E-state index contributed by atoms with van der Waals surface area (Å²) in [6.07, 6.45) is 5.20. The van der Waals surface area contributed by atoms with Gasteiger partial charge >= 0.3 is 0 Å². The third kappa shape index (κ3) is 4.09. The number of anilines is 1. The maximum Gasteiger partial charge on any atom is 0.257 e. The smallest absolute Gasteiger partial charge is 0.257 e. The van der Waals surface area contributed by atoms with Crippen molar-refractivity contribution < 1.29 is 14.0 Å². The van der Waals surface area contributed by atoms with Gasteiger partial charge in [-0.3, -0.25) is 9.59 Å². The Balaban J connectivity index is 1.46. The third-order valence-corrected chi connectivity index (χ3v) is 6.27. The Bertz CT molecular complexity index is 907. The number of nitrogens with zero attached hydrogens (tertiary/aromatic N) is 2. The minimum absolute atomic E-state index is 0.0353. The van der Waals surface area contributed by atoms with Crippen LogP contribution >= 0.6 is 0 Å². The van der Waals surface area contributed by atoms with Gasteiger partial charge in [-0.1, -0.05) is 25.1 Å². The average Bonchev–Trinajstić information content (AvgIpc) is 3.36. The van der Waals surface area contributed by atoms with Crippen LogP contribution in [0.25, 0.3) is 0 Å². The second-order valence-electron chi connectivity index (χ2n) is 8.45. The lowest BCUT2D eigenvalue weighted by molar-refractivity contribution is -0.126. The van der Waals surface area contributed by atoms with Crippen molar-refractivity contribution in [3.8, 4) is 0 Å². The van der Waals surface area contributed by atoms with Crippen LogP contribution in [-0.2, 0) is 17.8 Å². The first-order valence-corrected chi connectivity index (χ1v) is 11.1. The Labute approximate surface area is 178 Å². The van der Waals surface area contributed by atoms with Gasteiger partial charge in [-0.2, -0.15) is 0 Å². The van der Waals surface area contributed by atoms with Crippen molar-refractivity contribution in [1.82, 2.24) is 10.2 Å². The number of hydrogen-bond donors (Lipinski definition) is 1. The standard InChI is InChI=1S/C24H31N3O3/c1-3-11-25-23(28)19-8-6-12-26(15-19)24(29)20-10-13-30-22(20)16-27-17(2)14-18-7-4-5-9-21(18)27/h4-5,7,9-10,13,17,19H,3,6,8,11-12,14-16H2,1-2H3,(H,25,28). The van der Waals surface area contributed by atoms with Crippen molar-refractivity contribution in [2.45, 2.75) is 52.1 Å². The van der Waals surface area contributed by atoms with Gasteiger partial charge in [0.05, 0.1) is 24.3 Å². The molecule has 1 saturated heterocycles. The molecule has 0 saturated carbocycles. The highest BCUT2D eigenvalue weighted by Gasteiger charge is 2.32. The van der Waals surface area contributed by atoms with E-state index in [1.54, 1.807) is 12.3 Å². The Morgan fingerprint density at radius 2 is 2.07 bits per heavy atom. The highest BCUT2D eigenvalue weighted by Crippen LogP contribution is 2.34. The number of carbonyl (C=O) groups is 2. The summed E-state index contributed by atoms with van der Waals surface area (Å²) >= 11 is 0. The molecule has 1 fully saturated rings. The molecule has 2 aromatic rings. The molecule has 2 amide bonds. The number of rotatable bonds is 6. The van der Waals surface area contributed by atoms with E-state index in [0.717, 1.165) is 25.7 Å². The molecule has 30 heavy (non-hydrogen) atoms. The fraction of sp³-hybridized carbons (Fsp3) is 0.500. The number of para-hydroxylation sites is 1. The summed E-state index contributed by atoms with van der Waals surface area (Å²) in [4.78, 5) is 29.8. The van der Waals surface area contributed by atoms with Crippen molar-refractivity contribution in [2.75, 3.05) is 24.5 Å². The molecule has 1 aromatic heterocycles. The van der Waals surface area contributed by atoms with Gasteiger partial charge in [-0.05, 0) is 50.3 Å². The first kappa shape index (κ1) is 20.5. The number of amides is 2. The van der Waals surface area contributed by atoms with Crippen LogP contribution < -0.4 is 10.2 Å². The van der Waals surface area contributed by atoms with Gasteiger partial charge in [0.15, 0.2) is 0 Å². The average molecular weight is 410 g/mol. The predicted octanol–water partition coefficient (Wildman–Crippen LogP) is 3.61. The molecule has 160 valence electrons. The summed E-state index contributed by atoms with van der Waals surface area (Å²) in [7, 11) is 0. The van der Waals surface area contributed by atoms with Crippen LogP contribution in [0, 0.1) is 5.92 Å². The van der Waals surface area contributed by atoms with Gasteiger partial charge in [0.1, 0.15) is 5.76 Å². The normalized spacial score (nSPS) is 20.9. The first-order chi connectivity index (χ1) is 14.6. The summed E-state index contributed by atoms with van der Waals surface area (Å²) in [6, 6.07) is 10.5. The molecular weight excluding hydrogens is 378 g/mol. The van der Waals surface area contributed by atoms with Gasteiger partial charge in [0, 0.05) is 31.4 Å². The summed E-state index contributed by atoms with van der Waals surface area (Å²) < 4.78 is 5.76. The third-order valence-electron chi connectivity index (χ3n) is 6.27. The molecule has 2 aliphatic heterocycles. The molecule has 6 nitrogen and oxygen atoms in total. The molecule has 2 aliphatic rings. The lowest BCUT2D eigenvalue weighted by atomic mass is 9.96. The zero-order valence-corrected chi connectivity index (χ0v) is 17.9. The van der Waals surface area contributed by atoms with Crippen LogP contribution in [0.15, 0.2) is 41.0 Å². The number of furan rings is 1. The lowest BCUT2D eigenvalue weighted by Gasteiger charge is -2.32. The first-order valence-electron chi connectivity index (χ1n) is 11.1. The van der Waals surface area contributed by atoms with E-state index in [2.05, 4.69) is 41.4 Å². The number of piperidine rings is 1. The minimum atomic E-state index is -0.130. The quantitative estimate of drug-likeness (QED) is 0.792. The molecule has 2 atom stereocenters. The largest absolute Gasteiger partial charge is 0.467 e. The number of likely N-dealkylation sites (tertiary alicyclic amines) is 1. The molecule has 1 aromatic carbocycles. The summed E-state index contributed by atoms with van der Waals surface area (Å²) in [5.74, 6) is 0.590. The van der Waals surface area contributed by atoms with E-state index in [1.807, 2.05) is 11.8 Å². The highest BCUT2D eigenvalue weighted by molar-refractivity contribution is 5.95. The fourth-order valence-electron chi connectivity index (χ4n) is 4.62. The molecule has 0 aliphatic carbocycles. The van der Waals surface area contributed by atoms with E-state index < -0.39 is 0 Å². The topological polar surface area (TPSA) is 65.8 Å². The molecule has 4 rings (SSSR count). The van der Waals surface area contributed by atoms with Crippen LogP contribution in [0.5, 0.6) is 0 Å². The van der Waals surface area contributed by atoms with Gasteiger partial charge in [0.2, 0.25) is 5.91 Å². The Hall–Kier alpha value is -2.76. The van der Waals surface area contributed by atoms with Gasteiger partial charge in [-0.15, -0.1) is 0 Å². The Kier molecular flexibility index (Phi) is 6.11. The van der Waals surface area contributed by atoms with Crippen molar-refractivity contribution >= 4 is 17.5 Å². The maximum atomic E-state index is 13.3. The summed E-state index contributed by atoms with van der Waals surface area (Å²) in [6.45, 7) is 6.66. The van der Waals surface area contributed by atoms with Crippen LogP contribution in [0.3, 0.4) is 0 Å². The van der Waals surface area contributed by atoms with E-state index in [1.165, 1.54) is 11.3 Å². The predicted molar refractivity (Wildman–Crippen MR) is 116 cm³/mol. The second-order valence-corrected chi connectivity index (χ2v) is 8.45. The van der Waals surface area contributed by atoms with Gasteiger partial charge < -0.3 is 19.5 Å². The summed E-state index contributed by atoms with van der Waals surface area (Å²) in [5, 5.41) is 2.97. The number of hydrogen-bond acceptors (Lipinski definition) is 4. The molecule has 0 bridgehead atoms. The lowest BCUT2D eigenvalue weighted by Crippen LogP contribution is -2.45. The Morgan fingerprint density at radius 1 is 1.23 bits per heavy atom.